The molecule has 0 aliphatic carbocycles. The molecule has 0 aliphatic heterocycles. The van der Waals surface area contributed by atoms with Gasteiger partial charge in [0, 0.05) is 0 Å². The molecule has 0 unspecified atom stereocenters. The average Bonchev–Trinajstić information content (AvgIpc) is 2.15. The summed E-state index contributed by atoms with van der Waals surface area (Å²) in [6.07, 6.45) is 0. The van der Waals surface area contributed by atoms with Crippen molar-refractivity contribution in [3.05, 3.63) is 27.3 Å². The Morgan fingerprint density at radius 1 is 1.27 bits per heavy atom. The Hall–Kier alpha value is 0.1000. The fraction of sp³-hybridized carbons (Fsp3) is 0.500. The summed E-state index contributed by atoms with van der Waals surface area (Å²) >= 11 is 3.60. The molecule has 3 heteroatoms. The summed E-state index contributed by atoms with van der Waals surface area (Å²) in [5, 5.41) is 0. The van der Waals surface area contributed by atoms with Gasteiger partial charge in [-0.3, -0.25) is 0 Å². The minimum atomic E-state index is -0.976. The Morgan fingerprint density at radius 3 is 2.27 bits per heavy atom. The molecule has 0 atom stereocenters. The van der Waals surface area contributed by atoms with Crippen molar-refractivity contribution in [2.24, 2.45) is 0 Å². The first-order valence-corrected chi connectivity index (χ1v) is 10.6. The van der Waals surface area contributed by atoms with E-state index < -0.39 is 19.8 Å². The van der Waals surface area contributed by atoms with Crippen LogP contribution in [0.2, 0.25) is 0 Å². The second-order valence-electron chi connectivity index (χ2n) is 4.16. The standard InChI is InChI=1S/C12H19IOS/c1-12(2,15)9-6-7-10(13(3)4)11(8-9)14-5/h6-8,15H,1-5H3. The second kappa shape index (κ2) is 4.95. The first-order chi connectivity index (χ1) is 6.86. The fourth-order valence-corrected chi connectivity index (χ4v) is 3.83. The molecule has 0 N–H and O–H groups in total. The SMILES string of the molecule is COc1cc(C(C)(C)S)ccc1I(C)C. The van der Waals surface area contributed by atoms with Crippen molar-refractivity contribution in [1.82, 2.24) is 0 Å². The Kier molecular flexibility index (Phi) is 4.35. The van der Waals surface area contributed by atoms with Gasteiger partial charge in [-0.05, 0) is 0 Å². The maximum atomic E-state index is 5.45. The van der Waals surface area contributed by atoms with Gasteiger partial charge in [-0.15, -0.1) is 0 Å². The summed E-state index contributed by atoms with van der Waals surface area (Å²) in [7, 11) is 1.74. The van der Waals surface area contributed by atoms with Crippen molar-refractivity contribution in [2.75, 3.05) is 17.0 Å². The van der Waals surface area contributed by atoms with Crippen LogP contribution in [0.4, 0.5) is 0 Å². The van der Waals surface area contributed by atoms with Crippen LogP contribution in [0.25, 0.3) is 0 Å². The second-order valence-corrected chi connectivity index (χ2v) is 10.8. The molecular formula is C12H19IOS. The Morgan fingerprint density at radius 2 is 1.87 bits per heavy atom. The van der Waals surface area contributed by atoms with Gasteiger partial charge < -0.3 is 0 Å². The zero-order chi connectivity index (χ0) is 11.6. The van der Waals surface area contributed by atoms with Gasteiger partial charge in [0.05, 0.1) is 0 Å². The number of ether oxygens (including phenoxy) is 1. The van der Waals surface area contributed by atoms with Crippen molar-refractivity contribution in [3.8, 4) is 5.75 Å². The summed E-state index contributed by atoms with van der Waals surface area (Å²) in [5.74, 6) is 1.03. The van der Waals surface area contributed by atoms with Gasteiger partial charge in [-0.2, -0.15) is 0 Å². The van der Waals surface area contributed by atoms with E-state index in [1.165, 1.54) is 9.13 Å². The number of hydrogen-bond donors (Lipinski definition) is 1. The summed E-state index contributed by atoms with van der Waals surface area (Å²) < 4.78 is 6.75. The van der Waals surface area contributed by atoms with Gasteiger partial charge >= 0.3 is 106 Å². The van der Waals surface area contributed by atoms with Gasteiger partial charge in [0.1, 0.15) is 0 Å². The zero-order valence-corrected chi connectivity index (χ0v) is 13.0. The molecule has 0 spiro atoms. The van der Waals surface area contributed by atoms with E-state index in [-0.39, 0.29) is 4.75 Å². The van der Waals surface area contributed by atoms with Gasteiger partial charge in [-0.25, -0.2) is 0 Å². The van der Waals surface area contributed by atoms with Crippen LogP contribution >= 0.6 is 32.4 Å². The molecule has 1 rings (SSSR count). The molecule has 15 heavy (non-hydrogen) atoms. The maximum absolute atomic E-state index is 5.45. The van der Waals surface area contributed by atoms with Crippen LogP contribution in [-0.4, -0.2) is 17.0 Å². The summed E-state index contributed by atoms with van der Waals surface area (Å²) in [6, 6.07) is 6.50. The van der Waals surface area contributed by atoms with Crippen LogP contribution in [0.1, 0.15) is 19.4 Å². The monoisotopic (exact) mass is 338 g/mol. The van der Waals surface area contributed by atoms with Crippen LogP contribution < -0.4 is 4.74 Å². The molecule has 1 aromatic carbocycles. The van der Waals surface area contributed by atoms with E-state index in [0.717, 1.165) is 5.75 Å². The van der Waals surface area contributed by atoms with Gasteiger partial charge in [0.2, 0.25) is 0 Å². The number of alkyl halides is 2. The van der Waals surface area contributed by atoms with E-state index in [1.807, 2.05) is 0 Å². The number of thiol groups is 1. The fourth-order valence-electron chi connectivity index (χ4n) is 1.35. The van der Waals surface area contributed by atoms with E-state index in [0.29, 0.717) is 0 Å². The molecule has 0 saturated carbocycles. The van der Waals surface area contributed by atoms with E-state index in [9.17, 15) is 0 Å². The third kappa shape index (κ3) is 3.28. The number of hydrogen-bond acceptors (Lipinski definition) is 2. The third-order valence-corrected chi connectivity index (χ3v) is 5.74. The van der Waals surface area contributed by atoms with Crippen molar-refractivity contribution in [2.45, 2.75) is 18.6 Å². The predicted octanol–water partition coefficient (Wildman–Crippen LogP) is 3.80. The molecule has 0 aromatic heterocycles. The molecule has 0 bridgehead atoms. The van der Waals surface area contributed by atoms with Crippen molar-refractivity contribution in [3.63, 3.8) is 0 Å². The first-order valence-electron chi connectivity index (χ1n) is 4.77. The van der Waals surface area contributed by atoms with Gasteiger partial charge in [0.25, 0.3) is 0 Å². The average molecular weight is 338 g/mol. The molecule has 0 radical (unpaired) electrons. The van der Waals surface area contributed by atoms with E-state index in [4.69, 9.17) is 4.74 Å². The predicted molar refractivity (Wildman–Crippen MR) is 79.6 cm³/mol. The third-order valence-electron chi connectivity index (χ3n) is 2.26. The van der Waals surface area contributed by atoms with Crippen LogP contribution in [0, 0.1) is 3.57 Å². The molecule has 0 heterocycles. The van der Waals surface area contributed by atoms with Gasteiger partial charge in [0.15, 0.2) is 0 Å². The first kappa shape index (κ1) is 13.2. The molecular weight excluding hydrogens is 319 g/mol. The van der Waals surface area contributed by atoms with Crippen LogP contribution in [-0.2, 0) is 4.75 Å². The number of benzene rings is 1. The summed E-state index contributed by atoms with van der Waals surface area (Å²) in [4.78, 5) is 4.65. The van der Waals surface area contributed by atoms with Crippen molar-refractivity contribution >= 4 is 32.4 Å². The Bertz CT molecular complexity index is 342. The van der Waals surface area contributed by atoms with Crippen LogP contribution in [0.3, 0.4) is 0 Å². The van der Waals surface area contributed by atoms with Gasteiger partial charge in [-0.1, -0.05) is 0 Å². The van der Waals surface area contributed by atoms with Crippen LogP contribution in [0.5, 0.6) is 5.75 Å². The topological polar surface area (TPSA) is 9.23 Å². The van der Waals surface area contributed by atoms with E-state index >= 15 is 0 Å². The normalized spacial score (nSPS) is 12.5. The molecule has 1 aromatic rings. The molecule has 86 valence electrons. The number of rotatable bonds is 3. The molecule has 1 nitrogen and oxygen atoms in total. The molecule has 0 saturated heterocycles. The minimum absolute atomic E-state index is 0.105. The Balaban J connectivity index is 3.19. The summed E-state index contributed by atoms with van der Waals surface area (Å²) in [6.45, 7) is 4.19. The molecule has 0 aliphatic rings. The number of halogens is 1. The molecule has 0 fully saturated rings. The van der Waals surface area contributed by atoms with Crippen molar-refractivity contribution < 1.29 is 4.74 Å². The van der Waals surface area contributed by atoms with Crippen molar-refractivity contribution in [1.29, 1.82) is 0 Å². The van der Waals surface area contributed by atoms with E-state index in [2.05, 4.69) is 54.5 Å². The summed E-state index contributed by atoms with van der Waals surface area (Å²) in [5.41, 5.74) is 1.21. The quantitative estimate of drug-likeness (QED) is 0.501. The van der Waals surface area contributed by atoms with Crippen LogP contribution in [0.15, 0.2) is 18.2 Å². The van der Waals surface area contributed by atoms with E-state index in [1.54, 1.807) is 7.11 Å². The number of methoxy groups -OCH3 is 1. The Labute approximate surface area is 105 Å². The zero-order valence-electron chi connectivity index (χ0n) is 9.97. The molecule has 0 amide bonds.